The molecule has 2 aromatic heterocycles. The average molecular weight is 364 g/mol. The van der Waals surface area contributed by atoms with Crippen LogP contribution in [0.15, 0.2) is 47.0 Å². The molecular weight excluding hydrogens is 340 g/mol. The zero-order chi connectivity index (χ0) is 18.8. The second-order valence-electron chi connectivity index (χ2n) is 7.33. The molecule has 0 saturated carbocycles. The van der Waals surface area contributed by atoms with Gasteiger partial charge in [-0.25, -0.2) is 4.98 Å². The van der Waals surface area contributed by atoms with Crippen molar-refractivity contribution >= 4 is 22.7 Å². The van der Waals surface area contributed by atoms with Crippen LogP contribution >= 0.6 is 0 Å². The molecule has 0 unspecified atom stereocenters. The first kappa shape index (κ1) is 17.7. The first-order chi connectivity index (χ1) is 13.1. The van der Waals surface area contributed by atoms with Crippen molar-refractivity contribution < 1.29 is 9.21 Å². The number of hydrogen-bond donors (Lipinski definition) is 1. The van der Waals surface area contributed by atoms with Crippen molar-refractivity contribution in [2.24, 2.45) is 0 Å². The summed E-state index contributed by atoms with van der Waals surface area (Å²) in [5.41, 5.74) is 3.26. The van der Waals surface area contributed by atoms with Crippen molar-refractivity contribution in [3.05, 3.63) is 54.2 Å². The van der Waals surface area contributed by atoms with Crippen molar-refractivity contribution in [1.82, 2.24) is 14.9 Å². The van der Waals surface area contributed by atoms with E-state index in [1.807, 2.05) is 50.2 Å². The van der Waals surface area contributed by atoms with Gasteiger partial charge < -0.3 is 9.73 Å². The zero-order valence-corrected chi connectivity index (χ0v) is 15.7. The van der Waals surface area contributed by atoms with Crippen LogP contribution in [0, 0.1) is 0 Å². The maximum absolute atomic E-state index is 12.8. The number of nitrogens with one attached hydrogen (secondary N) is 1. The zero-order valence-electron chi connectivity index (χ0n) is 15.7. The molecule has 0 aliphatic carbocycles. The molecule has 6 heteroatoms. The molecule has 27 heavy (non-hydrogen) atoms. The summed E-state index contributed by atoms with van der Waals surface area (Å²) in [5, 5.41) is 3.05. The fraction of sp³-hybridized carbons (Fsp3) is 0.381. The second kappa shape index (κ2) is 7.48. The Balaban J connectivity index is 1.47. The number of hydrogen-bond acceptors (Lipinski definition) is 5. The average Bonchev–Trinajstić information content (AvgIpc) is 3.29. The van der Waals surface area contributed by atoms with Crippen LogP contribution < -0.4 is 5.32 Å². The fourth-order valence-corrected chi connectivity index (χ4v) is 3.51. The molecule has 0 spiro atoms. The minimum Gasteiger partial charge on any atom is -0.440 e. The van der Waals surface area contributed by atoms with Gasteiger partial charge in [-0.2, -0.15) is 0 Å². The van der Waals surface area contributed by atoms with E-state index in [0.717, 1.165) is 41.9 Å². The number of oxazole rings is 1. The Kier molecular flexibility index (Phi) is 4.90. The number of carbonyl (C=O) groups excluding carboxylic acids is 1. The quantitative estimate of drug-likeness (QED) is 0.742. The van der Waals surface area contributed by atoms with Crippen molar-refractivity contribution in [2.75, 3.05) is 11.9 Å². The number of nitrogens with zero attached hydrogens (tertiary/aromatic N) is 3. The molecule has 1 N–H and O–H groups in total. The first-order valence-electron chi connectivity index (χ1n) is 9.45. The van der Waals surface area contributed by atoms with Crippen LogP contribution in [-0.2, 0) is 11.3 Å². The lowest BCUT2D eigenvalue weighted by atomic mass is 10.2. The van der Waals surface area contributed by atoms with Crippen LogP contribution in [-0.4, -0.2) is 33.4 Å². The van der Waals surface area contributed by atoms with E-state index in [0.29, 0.717) is 12.4 Å². The number of aromatic nitrogens is 2. The standard InChI is InChI=1S/C21H24N4O2/c1-14(2)21-24-17-12-15(8-9-19(17)27-21)23-20(26)18-7-5-11-25(18)13-16-6-3-4-10-22-16/h3-4,6,8-10,12,14,18H,5,7,11,13H2,1-2H3,(H,23,26)/t18-/m0/s1. The molecule has 4 rings (SSSR count). The molecule has 1 aromatic carbocycles. The van der Waals surface area contributed by atoms with Crippen molar-refractivity contribution in [3.8, 4) is 0 Å². The maximum Gasteiger partial charge on any atom is 0.241 e. The Morgan fingerprint density at radius 2 is 2.22 bits per heavy atom. The third kappa shape index (κ3) is 3.85. The molecule has 3 aromatic rings. The summed E-state index contributed by atoms with van der Waals surface area (Å²) in [6.45, 7) is 5.70. The Labute approximate surface area is 158 Å². The summed E-state index contributed by atoms with van der Waals surface area (Å²) in [6.07, 6.45) is 3.67. The van der Waals surface area contributed by atoms with Crippen LogP contribution in [0.1, 0.15) is 44.2 Å². The number of rotatable bonds is 5. The largest absolute Gasteiger partial charge is 0.440 e. The lowest BCUT2D eigenvalue weighted by molar-refractivity contribution is -0.120. The monoisotopic (exact) mass is 364 g/mol. The topological polar surface area (TPSA) is 71.3 Å². The van der Waals surface area contributed by atoms with Gasteiger partial charge in [0.2, 0.25) is 5.91 Å². The van der Waals surface area contributed by atoms with E-state index >= 15 is 0 Å². The SMILES string of the molecule is CC(C)c1nc2cc(NC(=O)[C@@H]3CCCN3Cc3ccccn3)ccc2o1. The summed E-state index contributed by atoms with van der Waals surface area (Å²) in [5.74, 6) is 0.968. The van der Waals surface area contributed by atoms with Crippen molar-refractivity contribution in [1.29, 1.82) is 0 Å². The first-order valence-corrected chi connectivity index (χ1v) is 9.45. The van der Waals surface area contributed by atoms with E-state index in [4.69, 9.17) is 4.42 Å². The number of pyridine rings is 1. The Hall–Kier alpha value is -2.73. The second-order valence-corrected chi connectivity index (χ2v) is 7.33. The molecule has 1 fully saturated rings. The van der Waals surface area contributed by atoms with E-state index in [1.54, 1.807) is 6.20 Å². The van der Waals surface area contributed by atoms with Gasteiger partial charge in [-0.05, 0) is 49.7 Å². The van der Waals surface area contributed by atoms with Crippen LogP contribution in [0.25, 0.3) is 11.1 Å². The molecule has 1 aliphatic heterocycles. The molecule has 0 radical (unpaired) electrons. The maximum atomic E-state index is 12.8. The Morgan fingerprint density at radius 3 is 3.00 bits per heavy atom. The number of amides is 1. The molecule has 1 atom stereocenters. The molecule has 1 aliphatic rings. The lowest BCUT2D eigenvalue weighted by Crippen LogP contribution is -2.39. The molecule has 6 nitrogen and oxygen atoms in total. The lowest BCUT2D eigenvalue weighted by Gasteiger charge is -2.23. The highest BCUT2D eigenvalue weighted by Gasteiger charge is 2.31. The number of anilines is 1. The summed E-state index contributed by atoms with van der Waals surface area (Å²) >= 11 is 0. The minimum absolute atomic E-state index is 0.0235. The van der Waals surface area contributed by atoms with Crippen LogP contribution in [0.5, 0.6) is 0 Å². The molecule has 0 bridgehead atoms. The van der Waals surface area contributed by atoms with Gasteiger partial charge in [0.05, 0.1) is 11.7 Å². The Bertz CT molecular complexity index is 936. The van der Waals surface area contributed by atoms with Crippen LogP contribution in [0.4, 0.5) is 5.69 Å². The fourth-order valence-electron chi connectivity index (χ4n) is 3.51. The van der Waals surface area contributed by atoms with E-state index in [2.05, 4.69) is 20.2 Å². The van der Waals surface area contributed by atoms with E-state index in [9.17, 15) is 4.79 Å². The summed E-state index contributed by atoms with van der Waals surface area (Å²) < 4.78 is 5.73. The van der Waals surface area contributed by atoms with Gasteiger partial charge in [0, 0.05) is 24.3 Å². The normalized spacial score (nSPS) is 17.7. The van der Waals surface area contributed by atoms with Crippen molar-refractivity contribution in [3.63, 3.8) is 0 Å². The van der Waals surface area contributed by atoms with Gasteiger partial charge in [-0.15, -0.1) is 0 Å². The van der Waals surface area contributed by atoms with Crippen LogP contribution in [0.2, 0.25) is 0 Å². The van der Waals surface area contributed by atoms with E-state index in [-0.39, 0.29) is 17.9 Å². The molecule has 140 valence electrons. The smallest absolute Gasteiger partial charge is 0.241 e. The third-order valence-corrected chi connectivity index (χ3v) is 4.92. The van der Waals surface area contributed by atoms with Crippen molar-refractivity contribution in [2.45, 2.75) is 45.2 Å². The summed E-state index contributed by atoms with van der Waals surface area (Å²) in [6, 6.07) is 11.4. The minimum atomic E-state index is -0.133. The van der Waals surface area contributed by atoms with Gasteiger partial charge >= 0.3 is 0 Å². The predicted octanol–water partition coefficient (Wildman–Crippen LogP) is 3.95. The number of fused-ring (bicyclic) bond motifs is 1. The van der Waals surface area contributed by atoms with E-state index < -0.39 is 0 Å². The third-order valence-electron chi connectivity index (χ3n) is 4.92. The van der Waals surface area contributed by atoms with Gasteiger partial charge in [0.15, 0.2) is 11.5 Å². The highest BCUT2D eigenvalue weighted by atomic mass is 16.3. The van der Waals surface area contributed by atoms with Gasteiger partial charge in [0.25, 0.3) is 0 Å². The van der Waals surface area contributed by atoms with E-state index in [1.165, 1.54) is 0 Å². The number of likely N-dealkylation sites (tertiary alicyclic amines) is 1. The highest BCUT2D eigenvalue weighted by molar-refractivity contribution is 5.96. The highest BCUT2D eigenvalue weighted by Crippen LogP contribution is 2.25. The summed E-state index contributed by atoms with van der Waals surface area (Å²) in [7, 11) is 0. The van der Waals surface area contributed by atoms with Gasteiger partial charge in [-0.1, -0.05) is 19.9 Å². The molecule has 1 amide bonds. The van der Waals surface area contributed by atoms with Gasteiger partial charge in [-0.3, -0.25) is 14.7 Å². The molecule has 1 saturated heterocycles. The number of benzene rings is 1. The molecular formula is C21H24N4O2. The molecule has 3 heterocycles. The summed E-state index contributed by atoms with van der Waals surface area (Å²) in [4.78, 5) is 23.9. The number of carbonyl (C=O) groups is 1. The predicted molar refractivity (Wildman–Crippen MR) is 104 cm³/mol. The van der Waals surface area contributed by atoms with Gasteiger partial charge in [0.1, 0.15) is 5.52 Å². The Morgan fingerprint density at radius 1 is 1.33 bits per heavy atom. The van der Waals surface area contributed by atoms with Crippen LogP contribution in [0.3, 0.4) is 0 Å².